The largest absolute Gasteiger partial charge is 0.474 e. The van der Waals surface area contributed by atoms with Crippen molar-refractivity contribution in [1.29, 1.82) is 0 Å². The second-order valence-electron chi connectivity index (χ2n) is 6.88. The van der Waals surface area contributed by atoms with Crippen molar-refractivity contribution in [3.8, 4) is 5.88 Å². The van der Waals surface area contributed by atoms with E-state index in [1.807, 2.05) is 60.7 Å². The monoisotopic (exact) mass is 361 g/mol. The summed E-state index contributed by atoms with van der Waals surface area (Å²) in [6.45, 7) is 0. The Kier molecular flexibility index (Phi) is 5.19. The van der Waals surface area contributed by atoms with Crippen LogP contribution in [0.25, 0.3) is 10.8 Å². The van der Waals surface area contributed by atoms with Crippen molar-refractivity contribution in [1.82, 2.24) is 10.3 Å². The lowest BCUT2D eigenvalue weighted by atomic mass is 9.93. The lowest BCUT2D eigenvalue weighted by Crippen LogP contribution is -2.41. The summed E-state index contributed by atoms with van der Waals surface area (Å²) in [5, 5.41) is 8.24. The molecule has 1 aromatic heterocycles. The number of rotatable bonds is 4. The number of hydrogen-bond donors (Lipinski definition) is 2. The van der Waals surface area contributed by atoms with Crippen molar-refractivity contribution in [3.05, 3.63) is 66.9 Å². The van der Waals surface area contributed by atoms with Crippen LogP contribution in [0.3, 0.4) is 0 Å². The van der Waals surface area contributed by atoms with Gasteiger partial charge in [-0.25, -0.2) is 9.78 Å². The maximum atomic E-state index is 12.4. The van der Waals surface area contributed by atoms with Crippen molar-refractivity contribution in [2.24, 2.45) is 0 Å². The second-order valence-corrected chi connectivity index (χ2v) is 6.88. The van der Waals surface area contributed by atoms with Crippen LogP contribution in [0.1, 0.15) is 25.7 Å². The Hall–Kier alpha value is -3.08. The number of ether oxygens (including phenoxy) is 1. The predicted molar refractivity (Wildman–Crippen MR) is 107 cm³/mol. The highest BCUT2D eigenvalue weighted by Gasteiger charge is 2.24. The number of nitrogens with one attached hydrogen (secondary N) is 2. The molecule has 1 saturated carbocycles. The third-order valence-corrected chi connectivity index (χ3v) is 4.97. The molecular formula is C22H23N3O2. The van der Waals surface area contributed by atoms with Crippen molar-refractivity contribution < 1.29 is 9.53 Å². The molecular weight excluding hydrogens is 338 g/mol. The average molecular weight is 361 g/mol. The van der Waals surface area contributed by atoms with Gasteiger partial charge in [0.15, 0.2) is 0 Å². The van der Waals surface area contributed by atoms with Crippen LogP contribution < -0.4 is 15.4 Å². The normalized spacial score (nSPS) is 19.4. The fourth-order valence-corrected chi connectivity index (χ4v) is 3.59. The Balaban J connectivity index is 1.29. The number of fused-ring (bicyclic) bond motifs is 1. The molecule has 2 amide bonds. The SMILES string of the molecule is O=C(Nc1cccc2ccccc12)NC1CCC(Oc2ccccn2)CC1. The molecule has 138 valence electrons. The molecule has 4 rings (SSSR count). The van der Waals surface area contributed by atoms with Crippen LogP contribution in [0.2, 0.25) is 0 Å². The van der Waals surface area contributed by atoms with Crippen molar-refractivity contribution in [2.75, 3.05) is 5.32 Å². The zero-order valence-electron chi connectivity index (χ0n) is 15.1. The molecule has 2 N–H and O–H groups in total. The van der Waals surface area contributed by atoms with E-state index in [1.165, 1.54) is 0 Å². The summed E-state index contributed by atoms with van der Waals surface area (Å²) < 4.78 is 5.91. The fraction of sp³-hybridized carbons (Fsp3) is 0.273. The van der Waals surface area contributed by atoms with Crippen LogP contribution >= 0.6 is 0 Å². The topological polar surface area (TPSA) is 63.2 Å². The maximum absolute atomic E-state index is 12.4. The molecule has 0 unspecified atom stereocenters. The molecule has 27 heavy (non-hydrogen) atoms. The highest BCUT2D eigenvalue weighted by molar-refractivity contribution is 6.01. The predicted octanol–water partition coefficient (Wildman–Crippen LogP) is 4.75. The van der Waals surface area contributed by atoms with Gasteiger partial charge in [-0.05, 0) is 43.2 Å². The summed E-state index contributed by atoms with van der Waals surface area (Å²) in [4.78, 5) is 16.6. The van der Waals surface area contributed by atoms with Crippen molar-refractivity contribution in [2.45, 2.75) is 37.8 Å². The number of urea groups is 1. The zero-order chi connectivity index (χ0) is 18.5. The first-order valence-electron chi connectivity index (χ1n) is 9.41. The van der Waals surface area contributed by atoms with Crippen LogP contribution in [-0.2, 0) is 0 Å². The maximum Gasteiger partial charge on any atom is 0.319 e. The highest BCUT2D eigenvalue weighted by Crippen LogP contribution is 2.24. The van der Waals surface area contributed by atoms with E-state index in [9.17, 15) is 4.79 Å². The summed E-state index contributed by atoms with van der Waals surface area (Å²) in [5.74, 6) is 0.669. The first-order chi connectivity index (χ1) is 13.3. The molecule has 0 radical (unpaired) electrons. The molecule has 5 nitrogen and oxygen atoms in total. The number of carbonyl (C=O) groups excluding carboxylic acids is 1. The van der Waals surface area contributed by atoms with Gasteiger partial charge in [-0.3, -0.25) is 0 Å². The number of carbonyl (C=O) groups is 1. The molecule has 0 bridgehead atoms. The number of nitrogens with zero attached hydrogens (tertiary/aromatic N) is 1. The summed E-state index contributed by atoms with van der Waals surface area (Å²) >= 11 is 0. The smallest absolute Gasteiger partial charge is 0.319 e. The van der Waals surface area contributed by atoms with E-state index < -0.39 is 0 Å². The highest BCUT2D eigenvalue weighted by atomic mass is 16.5. The van der Waals surface area contributed by atoms with Gasteiger partial charge in [-0.15, -0.1) is 0 Å². The van der Waals surface area contributed by atoms with Crippen molar-refractivity contribution >= 4 is 22.5 Å². The first-order valence-corrected chi connectivity index (χ1v) is 9.41. The van der Waals surface area contributed by atoms with Gasteiger partial charge < -0.3 is 15.4 Å². The number of benzene rings is 2. The van der Waals surface area contributed by atoms with E-state index in [0.717, 1.165) is 42.1 Å². The standard InChI is InChI=1S/C22H23N3O2/c26-22(25-20-9-5-7-16-6-1-2-8-19(16)20)24-17-11-13-18(14-12-17)27-21-10-3-4-15-23-21/h1-10,15,17-18H,11-14H2,(H2,24,25,26). The zero-order valence-corrected chi connectivity index (χ0v) is 15.1. The van der Waals surface area contributed by atoms with E-state index in [1.54, 1.807) is 6.20 Å². The van der Waals surface area contributed by atoms with E-state index in [0.29, 0.717) is 5.88 Å². The minimum atomic E-state index is -0.152. The quantitative estimate of drug-likeness (QED) is 0.705. The van der Waals surface area contributed by atoms with E-state index in [4.69, 9.17) is 4.74 Å². The van der Waals surface area contributed by atoms with Crippen LogP contribution in [0.15, 0.2) is 66.9 Å². The molecule has 5 heteroatoms. The number of amides is 2. The minimum absolute atomic E-state index is 0.152. The molecule has 3 aromatic rings. The molecule has 0 aliphatic heterocycles. The summed E-state index contributed by atoms with van der Waals surface area (Å²) in [7, 11) is 0. The number of hydrogen-bond acceptors (Lipinski definition) is 3. The van der Waals surface area contributed by atoms with Crippen molar-refractivity contribution in [3.63, 3.8) is 0 Å². The molecule has 1 aliphatic rings. The fourth-order valence-electron chi connectivity index (χ4n) is 3.59. The van der Waals surface area contributed by atoms with Gasteiger partial charge in [0.2, 0.25) is 5.88 Å². The molecule has 0 spiro atoms. The molecule has 0 atom stereocenters. The van der Waals surface area contributed by atoms with Crippen LogP contribution in [0, 0.1) is 0 Å². The Morgan fingerprint density at radius 3 is 2.52 bits per heavy atom. The minimum Gasteiger partial charge on any atom is -0.474 e. The van der Waals surface area contributed by atoms with Gasteiger partial charge >= 0.3 is 6.03 Å². The summed E-state index contributed by atoms with van der Waals surface area (Å²) in [5.41, 5.74) is 0.831. The Labute approximate surface area is 158 Å². The third-order valence-electron chi connectivity index (χ3n) is 4.97. The molecule has 0 saturated heterocycles. The number of anilines is 1. The lowest BCUT2D eigenvalue weighted by molar-refractivity contribution is 0.135. The van der Waals surface area contributed by atoms with Gasteiger partial charge in [0.05, 0.1) is 5.69 Å². The second kappa shape index (κ2) is 8.08. The Morgan fingerprint density at radius 2 is 1.70 bits per heavy atom. The van der Waals surface area contributed by atoms with Crippen LogP contribution in [0.4, 0.5) is 10.5 Å². The Morgan fingerprint density at radius 1 is 0.926 bits per heavy atom. The lowest BCUT2D eigenvalue weighted by Gasteiger charge is -2.29. The van der Waals surface area contributed by atoms with Crippen LogP contribution in [0.5, 0.6) is 5.88 Å². The summed E-state index contributed by atoms with van der Waals surface area (Å²) in [6, 6.07) is 19.7. The van der Waals surface area contributed by atoms with Gasteiger partial charge in [-0.1, -0.05) is 42.5 Å². The van der Waals surface area contributed by atoms with Gasteiger partial charge in [0, 0.05) is 23.7 Å². The van der Waals surface area contributed by atoms with E-state index >= 15 is 0 Å². The average Bonchev–Trinajstić information content (AvgIpc) is 2.71. The molecule has 1 heterocycles. The molecule has 1 fully saturated rings. The summed E-state index contributed by atoms with van der Waals surface area (Å²) in [6.07, 6.45) is 5.53. The first kappa shape index (κ1) is 17.3. The van der Waals surface area contributed by atoms with Gasteiger partial charge in [-0.2, -0.15) is 0 Å². The van der Waals surface area contributed by atoms with Gasteiger partial charge in [0.1, 0.15) is 6.10 Å². The number of pyridine rings is 1. The van der Waals surface area contributed by atoms with Gasteiger partial charge in [0.25, 0.3) is 0 Å². The van der Waals surface area contributed by atoms with E-state index in [-0.39, 0.29) is 18.2 Å². The third kappa shape index (κ3) is 4.37. The number of aromatic nitrogens is 1. The Bertz CT molecular complexity index is 900. The van der Waals surface area contributed by atoms with Crippen LogP contribution in [-0.4, -0.2) is 23.2 Å². The molecule has 2 aromatic carbocycles. The van der Waals surface area contributed by atoms with E-state index in [2.05, 4.69) is 15.6 Å². The molecule has 1 aliphatic carbocycles.